The third-order valence-electron chi connectivity index (χ3n) is 4.86. The van der Waals surface area contributed by atoms with E-state index in [1.807, 2.05) is 18.2 Å². The highest BCUT2D eigenvalue weighted by molar-refractivity contribution is 5.83. The van der Waals surface area contributed by atoms with Crippen molar-refractivity contribution in [2.75, 3.05) is 21.3 Å². The van der Waals surface area contributed by atoms with Crippen LogP contribution in [0.3, 0.4) is 0 Å². The van der Waals surface area contributed by atoms with Crippen molar-refractivity contribution in [3.8, 4) is 17.2 Å². The fourth-order valence-electron chi connectivity index (χ4n) is 3.55. The van der Waals surface area contributed by atoms with Crippen LogP contribution in [0.15, 0.2) is 48.0 Å². The molecule has 3 heteroatoms. The maximum absolute atomic E-state index is 5.52. The van der Waals surface area contributed by atoms with E-state index in [2.05, 4.69) is 24.3 Å². The molecule has 25 heavy (non-hydrogen) atoms. The molecule has 0 N–H and O–H groups in total. The predicted molar refractivity (Wildman–Crippen MR) is 102 cm³/mol. The van der Waals surface area contributed by atoms with Crippen molar-refractivity contribution in [2.45, 2.75) is 32.1 Å². The molecule has 0 aromatic heterocycles. The lowest BCUT2D eigenvalue weighted by Crippen LogP contribution is -2.01. The molecule has 0 unspecified atom stereocenters. The molecular formula is C22H26O3. The number of allylic oxidation sites excluding steroid dienone is 1. The van der Waals surface area contributed by atoms with Gasteiger partial charge in [0.15, 0.2) is 11.5 Å². The fraction of sp³-hybridized carbons (Fsp3) is 0.364. The molecule has 1 aliphatic carbocycles. The topological polar surface area (TPSA) is 27.7 Å². The van der Waals surface area contributed by atoms with Crippen LogP contribution in [-0.4, -0.2) is 21.3 Å². The first-order chi connectivity index (χ1) is 12.3. The second-order valence-corrected chi connectivity index (χ2v) is 6.34. The van der Waals surface area contributed by atoms with E-state index >= 15 is 0 Å². The summed E-state index contributed by atoms with van der Waals surface area (Å²) in [7, 11) is 5.05. The first kappa shape index (κ1) is 17.4. The van der Waals surface area contributed by atoms with Crippen LogP contribution in [0, 0.1) is 0 Å². The van der Waals surface area contributed by atoms with Crippen LogP contribution in [0.2, 0.25) is 0 Å². The van der Waals surface area contributed by atoms with Gasteiger partial charge in [-0.15, -0.1) is 0 Å². The lowest BCUT2D eigenvalue weighted by atomic mass is 9.85. The van der Waals surface area contributed by atoms with Crippen molar-refractivity contribution >= 4 is 5.57 Å². The summed E-state index contributed by atoms with van der Waals surface area (Å²) in [4.78, 5) is 0. The van der Waals surface area contributed by atoms with Gasteiger partial charge in [0, 0.05) is 0 Å². The molecule has 2 aromatic carbocycles. The quantitative estimate of drug-likeness (QED) is 0.722. The zero-order valence-corrected chi connectivity index (χ0v) is 15.3. The highest BCUT2D eigenvalue weighted by Crippen LogP contribution is 2.38. The average molecular weight is 338 g/mol. The molecule has 0 bridgehead atoms. The van der Waals surface area contributed by atoms with Gasteiger partial charge in [-0.1, -0.05) is 30.2 Å². The van der Waals surface area contributed by atoms with Crippen LogP contribution in [-0.2, 0) is 0 Å². The van der Waals surface area contributed by atoms with Gasteiger partial charge in [-0.05, 0) is 66.6 Å². The van der Waals surface area contributed by atoms with E-state index in [9.17, 15) is 0 Å². The lowest BCUT2D eigenvalue weighted by Gasteiger charge is -2.21. The molecule has 0 aliphatic heterocycles. The van der Waals surface area contributed by atoms with E-state index in [1.165, 1.54) is 41.5 Å². The SMILES string of the molecule is COc1ccc(C(=C2CCCCC2)c2ccc(OC)c(OC)c2)cc1. The second-order valence-electron chi connectivity index (χ2n) is 6.34. The Hall–Kier alpha value is -2.42. The van der Waals surface area contributed by atoms with Crippen LogP contribution >= 0.6 is 0 Å². The van der Waals surface area contributed by atoms with Crippen molar-refractivity contribution in [3.63, 3.8) is 0 Å². The molecule has 2 aromatic rings. The van der Waals surface area contributed by atoms with Gasteiger partial charge >= 0.3 is 0 Å². The summed E-state index contributed by atoms with van der Waals surface area (Å²) in [6.45, 7) is 0. The predicted octanol–water partition coefficient (Wildman–Crippen LogP) is 5.48. The Kier molecular flexibility index (Phi) is 5.64. The highest BCUT2D eigenvalue weighted by Gasteiger charge is 2.17. The molecule has 132 valence electrons. The summed E-state index contributed by atoms with van der Waals surface area (Å²) < 4.78 is 16.2. The highest BCUT2D eigenvalue weighted by atomic mass is 16.5. The summed E-state index contributed by atoms with van der Waals surface area (Å²) in [6.07, 6.45) is 6.18. The largest absolute Gasteiger partial charge is 0.497 e. The molecule has 0 atom stereocenters. The van der Waals surface area contributed by atoms with Gasteiger partial charge in [-0.25, -0.2) is 0 Å². The first-order valence-electron chi connectivity index (χ1n) is 8.85. The number of hydrogen-bond donors (Lipinski definition) is 0. The van der Waals surface area contributed by atoms with Crippen molar-refractivity contribution in [1.82, 2.24) is 0 Å². The summed E-state index contributed by atoms with van der Waals surface area (Å²) in [6, 6.07) is 14.5. The molecule has 0 radical (unpaired) electrons. The maximum Gasteiger partial charge on any atom is 0.161 e. The van der Waals surface area contributed by atoms with Crippen molar-refractivity contribution < 1.29 is 14.2 Å². The zero-order chi connectivity index (χ0) is 17.6. The molecule has 0 amide bonds. The Bertz CT molecular complexity index is 736. The molecule has 0 spiro atoms. The molecule has 1 aliphatic rings. The van der Waals surface area contributed by atoms with Gasteiger partial charge in [0.2, 0.25) is 0 Å². The first-order valence-corrected chi connectivity index (χ1v) is 8.85. The smallest absolute Gasteiger partial charge is 0.161 e. The Morgan fingerprint density at radius 2 is 1.32 bits per heavy atom. The molecule has 3 nitrogen and oxygen atoms in total. The summed E-state index contributed by atoms with van der Waals surface area (Å²) in [5, 5.41) is 0. The van der Waals surface area contributed by atoms with Gasteiger partial charge in [0.25, 0.3) is 0 Å². The van der Waals surface area contributed by atoms with E-state index in [-0.39, 0.29) is 0 Å². The fourth-order valence-corrected chi connectivity index (χ4v) is 3.55. The molecule has 1 fully saturated rings. The third-order valence-corrected chi connectivity index (χ3v) is 4.86. The van der Waals surface area contributed by atoms with E-state index < -0.39 is 0 Å². The third kappa shape index (κ3) is 3.81. The minimum absolute atomic E-state index is 0.758. The molecular weight excluding hydrogens is 312 g/mol. The van der Waals surface area contributed by atoms with Crippen LogP contribution in [0.25, 0.3) is 5.57 Å². The minimum atomic E-state index is 0.758. The number of methoxy groups -OCH3 is 3. The Morgan fingerprint density at radius 3 is 1.92 bits per heavy atom. The van der Waals surface area contributed by atoms with Gasteiger partial charge in [0.1, 0.15) is 5.75 Å². The summed E-state index contributed by atoms with van der Waals surface area (Å²) >= 11 is 0. The number of benzene rings is 2. The van der Waals surface area contributed by atoms with Gasteiger partial charge in [0.05, 0.1) is 21.3 Å². The second kappa shape index (κ2) is 8.11. The van der Waals surface area contributed by atoms with E-state index in [4.69, 9.17) is 14.2 Å². The Morgan fingerprint density at radius 1 is 0.680 bits per heavy atom. The van der Waals surface area contributed by atoms with Crippen LogP contribution in [0.1, 0.15) is 43.2 Å². The van der Waals surface area contributed by atoms with Crippen LogP contribution in [0.4, 0.5) is 0 Å². The average Bonchev–Trinajstić information content (AvgIpc) is 2.69. The van der Waals surface area contributed by atoms with E-state index in [0.717, 1.165) is 30.1 Å². The van der Waals surface area contributed by atoms with Crippen molar-refractivity contribution in [3.05, 3.63) is 59.2 Å². The standard InChI is InChI=1S/C22H26O3/c1-23-19-12-9-17(10-13-19)22(16-7-5-4-6-8-16)18-11-14-20(24-2)21(15-18)25-3/h9-15H,4-8H2,1-3H3. The summed E-state index contributed by atoms with van der Waals surface area (Å²) in [5.74, 6) is 2.40. The van der Waals surface area contributed by atoms with Gasteiger partial charge in [-0.3, -0.25) is 0 Å². The van der Waals surface area contributed by atoms with Crippen LogP contribution in [0.5, 0.6) is 17.2 Å². The van der Waals surface area contributed by atoms with Crippen molar-refractivity contribution in [2.24, 2.45) is 0 Å². The number of hydrogen-bond acceptors (Lipinski definition) is 3. The molecule has 0 saturated heterocycles. The van der Waals surface area contributed by atoms with E-state index in [1.54, 1.807) is 21.3 Å². The van der Waals surface area contributed by atoms with Gasteiger partial charge in [-0.2, -0.15) is 0 Å². The monoisotopic (exact) mass is 338 g/mol. The Labute approximate surface area is 150 Å². The number of ether oxygens (including phenoxy) is 3. The minimum Gasteiger partial charge on any atom is -0.497 e. The lowest BCUT2D eigenvalue weighted by molar-refractivity contribution is 0.355. The summed E-state index contributed by atoms with van der Waals surface area (Å²) in [5.41, 5.74) is 5.26. The zero-order valence-electron chi connectivity index (χ0n) is 15.3. The van der Waals surface area contributed by atoms with Gasteiger partial charge < -0.3 is 14.2 Å². The molecule has 1 saturated carbocycles. The van der Waals surface area contributed by atoms with Crippen LogP contribution < -0.4 is 14.2 Å². The number of rotatable bonds is 5. The normalized spacial score (nSPS) is 14.1. The van der Waals surface area contributed by atoms with E-state index in [0.29, 0.717) is 0 Å². The molecule has 0 heterocycles. The Balaban J connectivity index is 2.11. The molecule has 3 rings (SSSR count). The maximum atomic E-state index is 5.52. The van der Waals surface area contributed by atoms with Crippen molar-refractivity contribution in [1.29, 1.82) is 0 Å².